The molecule has 0 aliphatic carbocycles. The highest BCUT2D eigenvalue weighted by Crippen LogP contribution is 2.19. The standard InChI is InChI=1S/C5H5NOS2/c1-4(7)9-5-6-2-3-8-5/h2-3H,1H3. The van der Waals surface area contributed by atoms with Crippen LogP contribution in [-0.2, 0) is 4.79 Å². The maximum Gasteiger partial charge on any atom is 0.192 e. The van der Waals surface area contributed by atoms with Gasteiger partial charge in [0.1, 0.15) is 0 Å². The van der Waals surface area contributed by atoms with Gasteiger partial charge in [0, 0.05) is 18.5 Å². The molecule has 1 aromatic heterocycles. The molecule has 1 rings (SSSR count). The molecule has 0 aliphatic heterocycles. The number of carbonyl (C=O) groups excluding carboxylic acids is 1. The highest BCUT2D eigenvalue weighted by molar-refractivity contribution is 8.14. The van der Waals surface area contributed by atoms with Crippen LogP contribution in [-0.4, -0.2) is 10.1 Å². The molecule has 0 fully saturated rings. The zero-order valence-corrected chi connectivity index (χ0v) is 6.46. The molecule has 4 heteroatoms. The summed E-state index contributed by atoms with van der Waals surface area (Å²) in [5.74, 6) is 0. The van der Waals surface area contributed by atoms with Crippen LogP contribution in [0.25, 0.3) is 0 Å². The molecule has 0 saturated heterocycles. The summed E-state index contributed by atoms with van der Waals surface area (Å²) in [6, 6.07) is 0. The van der Waals surface area contributed by atoms with Gasteiger partial charge in [0.05, 0.1) is 0 Å². The van der Waals surface area contributed by atoms with Gasteiger partial charge >= 0.3 is 0 Å². The number of aromatic nitrogens is 1. The monoisotopic (exact) mass is 159 g/mol. The van der Waals surface area contributed by atoms with Gasteiger partial charge in [-0.25, -0.2) is 4.98 Å². The third-order valence-electron chi connectivity index (χ3n) is 0.641. The van der Waals surface area contributed by atoms with E-state index in [2.05, 4.69) is 4.98 Å². The second-order valence-corrected chi connectivity index (χ2v) is 3.71. The molecule has 0 aliphatic rings. The Morgan fingerprint density at radius 1 is 1.89 bits per heavy atom. The fourth-order valence-corrected chi connectivity index (χ4v) is 1.81. The van der Waals surface area contributed by atoms with Gasteiger partial charge in [-0.3, -0.25) is 4.79 Å². The molecule has 0 unspecified atom stereocenters. The van der Waals surface area contributed by atoms with Crippen LogP contribution >= 0.6 is 23.1 Å². The number of thiazole rings is 1. The van der Waals surface area contributed by atoms with Gasteiger partial charge in [-0.2, -0.15) is 0 Å². The van der Waals surface area contributed by atoms with Crippen molar-refractivity contribution in [3.63, 3.8) is 0 Å². The van der Waals surface area contributed by atoms with Crippen molar-refractivity contribution >= 4 is 28.2 Å². The lowest BCUT2D eigenvalue weighted by molar-refractivity contribution is -0.109. The maximum atomic E-state index is 10.4. The van der Waals surface area contributed by atoms with Crippen molar-refractivity contribution in [3.8, 4) is 0 Å². The van der Waals surface area contributed by atoms with E-state index in [9.17, 15) is 4.79 Å². The quantitative estimate of drug-likeness (QED) is 0.585. The smallest absolute Gasteiger partial charge is 0.192 e. The average molecular weight is 159 g/mol. The number of thioether (sulfide) groups is 1. The summed E-state index contributed by atoms with van der Waals surface area (Å²) in [7, 11) is 0. The van der Waals surface area contributed by atoms with Crippen LogP contribution in [0.15, 0.2) is 15.9 Å². The SMILES string of the molecule is CC(=O)Sc1nccs1. The molecule has 9 heavy (non-hydrogen) atoms. The lowest BCUT2D eigenvalue weighted by atomic mass is 10.9. The normalized spacial score (nSPS) is 9.44. The van der Waals surface area contributed by atoms with E-state index < -0.39 is 0 Å². The van der Waals surface area contributed by atoms with Crippen molar-refractivity contribution in [1.29, 1.82) is 0 Å². The average Bonchev–Trinajstić information content (AvgIpc) is 2.15. The Balaban J connectivity index is 2.58. The van der Waals surface area contributed by atoms with Gasteiger partial charge in [-0.15, -0.1) is 11.3 Å². The van der Waals surface area contributed by atoms with Gasteiger partial charge in [-0.1, -0.05) is 0 Å². The molecular formula is C5H5NOS2. The van der Waals surface area contributed by atoms with Gasteiger partial charge in [-0.05, 0) is 11.8 Å². The van der Waals surface area contributed by atoms with E-state index in [1.807, 2.05) is 5.38 Å². The number of hydrogen-bond acceptors (Lipinski definition) is 4. The van der Waals surface area contributed by atoms with Crippen molar-refractivity contribution < 1.29 is 4.79 Å². The molecule has 1 aromatic rings. The summed E-state index contributed by atoms with van der Waals surface area (Å²) < 4.78 is 0.822. The van der Waals surface area contributed by atoms with Crippen molar-refractivity contribution in [2.24, 2.45) is 0 Å². The van der Waals surface area contributed by atoms with Crippen LogP contribution in [0.5, 0.6) is 0 Å². The Morgan fingerprint density at radius 2 is 2.67 bits per heavy atom. The molecule has 0 aromatic carbocycles. The molecule has 0 amide bonds. The highest BCUT2D eigenvalue weighted by Gasteiger charge is 1.98. The fraction of sp³-hybridized carbons (Fsp3) is 0.200. The zero-order valence-electron chi connectivity index (χ0n) is 4.83. The first-order valence-corrected chi connectivity index (χ1v) is 4.06. The van der Waals surface area contributed by atoms with Crippen LogP contribution in [0.2, 0.25) is 0 Å². The van der Waals surface area contributed by atoms with Crippen LogP contribution < -0.4 is 0 Å². The molecule has 0 N–H and O–H groups in total. The van der Waals surface area contributed by atoms with Crippen LogP contribution in [0, 0.1) is 0 Å². The van der Waals surface area contributed by atoms with E-state index in [1.165, 1.54) is 30.0 Å². The molecule has 0 spiro atoms. The third-order valence-corrected chi connectivity index (χ3v) is 2.31. The second-order valence-electron chi connectivity index (χ2n) is 1.39. The van der Waals surface area contributed by atoms with Crippen molar-refractivity contribution in [2.45, 2.75) is 11.3 Å². The van der Waals surface area contributed by atoms with E-state index in [1.54, 1.807) is 6.20 Å². The third kappa shape index (κ3) is 2.15. The molecule has 2 nitrogen and oxygen atoms in total. The van der Waals surface area contributed by atoms with E-state index in [0.29, 0.717) is 0 Å². The predicted molar refractivity (Wildman–Crippen MR) is 38.7 cm³/mol. The minimum atomic E-state index is 0.0879. The van der Waals surface area contributed by atoms with Gasteiger partial charge in [0.25, 0.3) is 0 Å². The van der Waals surface area contributed by atoms with Crippen molar-refractivity contribution in [2.75, 3.05) is 0 Å². The summed E-state index contributed by atoms with van der Waals surface area (Å²) in [5, 5.41) is 1.94. The largest absolute Gasteiger partial charge is 0.287 e. The first kappa shape index (κ1) is 6.77. The Labute approximate surface area is 61.3 Å². The number of rotatable bonds is 1. The molecule has 48 valence electrons. The number of nitrogens with zero attached hydrogens (tertiary/aromatic N) is 1. The zero-order chi connectivity index (χ0) is 6.69. The maximum absolute atomic E-state index is 10.4. The van der Waals surface area contributed by atoms with Crippen LogP contribution in [0.3, 0.4) is 0 Å². The lowest BCUT2D eigenvalue weighted by Crippen LogP contribution is -1.77. The van der Waals surface area contributed by atoms with Crippen molar-refractivity contribution in [1.82, 2.24) is 4.98 Å². The topological polar surface area (TPSA) is 30.0 Å². The summed E-state index contributed by atoms with van der Waals surface area (Å²) >= 11 is 2.66. The molecular weight excluding hydrogens is 154 g/mol. The first-order chi connectivity index (χ1) is 4.29. The fourth-order valence-electron chi connectivity index (χ4n) is 0.384. The summed E-state index contributed by atoms with van der Waals surface area (Å²) in [6.07, 6.45) is 1.69. The second kappa shape index (κ2) is 2.98. The van der Waals surface area contributed by atoms with E-state index in [-0.39, 0.29) is 5.12 Å². The Hall–Kier alpha value is -0.350. The Morgan fingerprint density at radius 3 is 3.11 bits per heavy atom. The molecule has 0 radical (unpaired) electrons. The Bertz CT molecular complexity index is 195. The summed E-state index contributed by atoms with van der Waals surface area (Å²) in [5.41, 5.74) is 0. The van der Waals surface area contributed by atoms with E-state index in [0.717, 1.165) is 4.34 Å². The highest BCUT2D eigenvalue weighted by atomic mass is 32.2. The van der Waals surface area contributed by atoms with Gasteiger partial charge < -0.3 is 0 Å². The van der Waals surface area contributed by atoms with Crippen molar-refractivity contribution in [3.05, 3.63) is 11.6 Å². The molecule has 0 bridgehead atoms. The molecule has 0 saturated carbocycles. The Kier molecular flexibility index (Phi) is 2.24. The lowest BCUT2D eigenvalue weighted by Gasteiger charge is -1.84. The van der Waals surface area contributed by atoms with Gasteiger partial charge in [0.2, 0.25) is 0 Å². The first-order valence-electron chi connectivity index (χ1n) is 2.37. The van der Waals surface area contributed by atoms with Crippen LogP contribution in [0.1, 0.15) is 6.92 Å². The van der Waals surface area contributed by atoms with Gasteiger partial charge in [0.15, 0.2) is 9.45 Å². The predicted octanol–water partition coefficient (Wildman–Crippen LogP) is 1.78. The van der Waals surface area contributed by atoms with Crippen LogP contribution in [0.4, 0.5) is 0 Å². The minimum absolute atomic E-state index is 0.0879. The summed E-state index contributed by atoms with van der Waals surface area (Å²) in [6.45, 7) is 1.53. The number of hydrogen-bond donors (Lipinski definition) is 0. The molecule has 0 atom stereocenters. The van der Waals surface area contributed by atoms with E-state index in [4.69, 9.17) is 0 Å². The number of carbonyl (C=O) groups is 1. The minimum Gasteiger partial charge on any atom is -0.287 e. The van der Waals surface area contributed by atoms with E-state index >= 15 is 0 Å². The summed E-state index contributed by atoms with van der Waals surface area (Å²) in [4.78, 5) is 14.4. The molecule has 1 heterocycles.